The Morgan fingerprint density at radius 1 is 0.291 bits per heavy atom. The van der Waals surface area contributed by atoms with Crippen molar-refractivity contribution in [3.63, 3.8) is 0 Å². The maximum absolute atomic E-state index is 12.0. The summed E-state index contributed by atoms with van der Waals surface area (Å²) in [5.41, 5.74) is 3.56. The van der Waals surface area contributed by atoms with Crippen molar-refractivity contribution in [2.75, 3.05) is 0 Å². The molecule has 18 rings (SSSR count). The lowest BCUT2D eigenvalue weighted by Crippen LogP contribution is -2.59. The summed E-state index contributed by atoms with van der Waals surface area (Å²) in [6.45, 7) is 75.8. The van der Waals surface area contributed by atoms with Gasteiger partial charge in [-0.25, -0.2) is 43.2 Å². The number of carbonyl (C=O) groups is 9. The molecule has 0 amide bonds. The highest BCUT2D eigenvalue weighted by atomic mass is 16.6. The second-order valence-electron chi connectivity index (χ2n) is 47.0. The van der Waals surface area contributed by atoms with Gasteiger partial charge in [-0.3, -0.25) is 0 Å². The van der Waals surface area contributed by atoms with Gasteiger partial charge < -0.3 is 42.6 Å². The van der Waals surface area contributed by atoms with Crippen LogP contribution in [0.2, 0.25) is 0 Å². The van der Waals surface area contributed by atoms with Gasteiger partial charge in [0.15, 0.2) is 0 Å². The number of fused-ring (bicyclic) bond motifs is 1. The molecule has 15 aliphatic rings. The van der Waals surface area contributed by atoms with Gasteiger partial charge in [0.1, 0.15) is 50.4 Å². The van der Waals surface area contributed by atoms with E-state index in [1.807, 2.05) is 103 Å². The minimum atomic E-state index is -0.667. The van der Waals surface area contributed by atoms with E-state index in [1.165, 1.54) is 172 Å². The van der Waals surface area contributed by atoms with Crippen molar-refractivity contribution in [1.29, 1.82) is 0 Å². The molecule has 15 fully saturated rings. The Morgan fingerprint density at radius 2 is 0.567 bits per heavy atom. The molecule has 0 radical (unpaired) electrons. The zero-order chi connectivity index (χ0) is 105. The number of esters is 9. The molecule has 0 saturated heterocycles. The quantitative estimate of drug-likeness (QED) is 0.0460. The lowest BCUT2D eigenvalue weighted by molar-refractivity contribution is -0.207. The molecule has 18 nitrogen and oxygen atoms in total. The smallest absolute Gasteiger partial charge is 0.333 e. The van der Waals surface area contributed by atoms with E-state index in [0.29, 0.717) is 73.8 Å². The van der Waals surface area contributed by atoms with Crippen LogP contribution >= 0.6 is 0 Å². The van der Waals surface area contributed by atoms with E-state index < -0.39 is 16.8 Å². The molecule has 12 bridgehead atoms. The van der Waals surface area contributed by atoms with Crippen molar-refractivity contribution in [1.82, 2.24) is 0 Å². The number of rotatable bonds is 24. The molecule has 3 aromatic rings. The highest BCUT2D eigenvalue weighted by Gasteiger charge is 2.61. The zero-order valence-electron chi connectivity index (χ0n) is 91.4. The van der Waals surface area contributed by atoms with Gasteiger partial charge in [0.05, 0.1) is 0 Å². The Hall–Kier alpha value is -9.19. The summed E-state index contributed by atoms with van der Waals surface area (Å²) in [6.07, 6.45) is 43.2. The molecule has 0 unspecified atom stereocenters. The van der Waals surface area contributed by atoms with Crippen LogP contribution in [0.5, 0.6) is 0 Å². The van der Waals surface area contributed by atoms with Crippen molar-refractivity contribution >= 4 is 64.5 Å². The number of carbonyl (C=O) groups excluding carboxylic acids is 9. The summed E-state index contributed by atoms with van der Waals surface area (Å²) < 4.78 is 50.2. The average Bonchev–Trinajstić information content (AvgIpc) is 1.45. The van der Waals surface area contributed by atoms with Crippen LogP contribution in [-0.2, 0) is 97.0 Å². The van der Waals surface area contributed by atoms with Crippen LogP contribution in [0, 0.1) is 70.5 Å². The third-order valence-corrected chi connectivity index (χ3v) is 32.6. The second-order valence-corrected chi connectivity index (χ2v) is 47.0. The molecule has 782 valence electrons. The summed E-state index contributed by atoms with van der Waals surface area (Å²) in [6, 6.07) is 23.9. The third kappa shape index (κ3) is 33.4. The molecule has 0 atom stereocenters. The van der Waals surface area contributed by atoms with E-state index in [0.717, 1.165) is 122 Å². The molecular weight excluding hydrogens is 1770 g/mol. The van der Waals surface area contributed by atoms with E-state index in [2.05, 4.69) is 126 Å². The van der Waals surface area contributed by atoms with E-state index in [4.69, 9.17) is 42.6 Å². The topological polar surface area (TPSA) is 237 Å². The molecule has 0 N–H and O–H groups in total. The van der Waals surface area contributed by atoms with Gasteiger partial charge >= 0.3 is 53.7 Å². The fourth-order valence-electron chi connectivity index (χ4n) is 24.6. The maximum atomic E-state index is 12.0. The highest BCUT2D eigenvalue weighted by Crippen LogP contribution is 2.66. The third-order valence-electron chi connectivity index (χ3n) is 32.6. The van der Waals surface area contributed by atoms with Crippen molar-refractivity contribution in [3.8, 4) is 0 Å². The summed E-state index contributed by atoms with van der Waals surface area (Å²) in [5, 5.41) is 2.31. The van der Waals surface area contributed by atoms with Gasteiger partial charge in [0.2, 0.25) is 0 Å². The molecule has 0 aliphatic heterocycles. The molecule has 0 spiro atoms. The summed E-state index contributed by atoms with van der Waals surface area (Å²) in [5.74, 6) is 6.40. The lowest BCUT2D eigenvalue weighted by Gasteiger charge is -2.61. The van der Waals surface area contributed by atoms with Gasteiger partial charge in [-0.15, -0.1) is 0 Å². The van der Waals surface area contributed by atoms with Crippen molar-refractivity contribution in [2.24, 2.45) is 70.5 Å². The number of ether oxygens (including phenoxy) is 9. The first kappa shape index (κ1) is 119. The molecule has 0 aromatic heterocycles. The number of hydrogen-bond acceptors (Lipinski definition) is 18. The Labute approximate surface area is 849 Å². The molecule has 3 aromatic carbocycles. The maximum Gasteiger partial charge on any atom is 0.333 e. The molecule has 15 aliphatic carbocycles. The average molecular weight is 1950 g/mol. The fourth-order valence-corrected chi connectivity index (χ4v) is 24.6. The van der Waals surface area contributed by atoms with Crippen molar-refractivity contribution in [2.45, 2.75) is 441 Å². The zero-order valence-corrected chi connectivity index (χ0v) is 91.4. The van der Waals surface area contributed by atoms with Crippen LogP contribution in [0.15, 0.2) is 182 Å². The molecular formula is C123H182O18. The van der Waals surface area contributed by atoms with Crippen molar-refractivity contribution < 1.29 is 85.8 Å². The van der Waals surface area contributed by atoms with Crippen LogP contribution < -0.4 is 0 Å². The monoisotopic (exact) mass is 1950 g/mol. The fraction of sp³-hybridized carbons (Fsp3) is 0.650. The van der Waals surface area contributed by atoms with Gasteiger partial charge in [0, 0.05) is 55.6 Å². The minimum Gasteiger partial charge on any atom is -0.457 e. The summed E-state index contributed by atoms with van der Waals surface area (Å²) in [4.78, 5) is 104. The summed E-state index contributed by atoms with van der Waals surface area (Å²) >= 11 is 0. The van der Waals surface area contributed by atoms with Crippen LogP contribution in [-0.4, -0.2) is 92.9 Å². The minimum absolute atomic E-state index is 0.163. The molecule has 15 saturated carbocycles. The SMILES string of the molecule is C=C(C)C(=O)OC(C)(C)C.C=C(C)C(=O)OC(C)(C)C12CC3CC(CC(C3)C1)C2.C=C(C)C(=O)OC(C)(C)c1ccc2ccccc2c1.C=C(C)C(=O)OC(C)(C)c1ccccc1.C=C(C)C(=O)OC1(C)C2CC3CC(C2)CC1C3.C=C(C)C(=O)OC1(CC)C2CC3CC(C2)CC1C3.C=C(C)C(=O)OC1(CC)CCCC1.C=C(C)C(=O)OC1(CC)CCCCC1.C=C(C)C(=O)OC1(CC)CCCCCCC1. The predicted molar refractivity (Wildman–Crippen MR) is 567 cm³/mol. The number of hydrogen-bond donors (Lipinski definition) is 0. The van der Waals surface area contributed by atoms with E-state index in [9.17, 15) is 43.2 Å². The Bertz CT molecular complexity index is 4800. The second kappa shape index (κ2) is 51.5. The molecule has 0 heterocycles. The van der Waals surface area contributed by atoms with Crippen LogP contribution in [0.25, 0.3) is 10.8 Å². The van der Waals surface area contributed by atoms with Gasteiger partial charge in [-0.1, -0.05) is 179 Å². The first-order valence-corrected chi connectivity index (χ1v) is 53.3. The Kier molecular flexibility index (Phi) is 43.4. The van der Waals surface area contributed by atoms with Gasteiger partial charge in [0.25, 0.3) is 0 Å². The Balaban J connectivity index is 0.000000217. The van der Waals surface area contributed by atoms with Crippen LogP contribution in [0.1, 0.15) is 402 Å². The van der Waals surface area contributed by atoms with Gasteiger partial charge in [-0.2, -0.15) is 0 Å². The standard InChI is InChI=1S/C17H26O2.C17H18O2.C16H24O2.C15H22O2.C14H24O2.C13H16O2.C12H20O2.C11H18O2.C8H14O2/c1-11(2)15(18)19-16(3,4)17-8-12-5-13(9-17)7-14(6-12)10-17;1-12(2)16(18)19-17(3,4)15-10-9-13-7-5-6-8-14(13)11-15;1-4-16(18-15(17)10(2)3)13-6-11-5-12(8-13)9-14(16)7-11;1-9(2)14(16)17-15(3)12-5-10-4-11(7-12)8-13(15)6-10;1-4-14(16-13(15)12(2)3)10-8-6-5-7-9-11-14;1-10(2)12(14)15-13(3,4)11-8-6-5-7-9-11;1-4-12(8-6-5-7-9-12)14-11(13)10(2)3;1-4-11(7-5-6-8-11)13-10(12)9(2)3;1-6(2)7(9)10-8(3,4)5/h12-14H,1,5-10H2,2-4H3;5-11H,1H2,2-4H3;11-14H,2,4-9H2,1,3H3;10-13H,1,4-8H2,2-3H3;2,4-11H2,1,3H3;5-9H,1H2,2-4H3;2,4-9H2,1,3H3;2,4-8H2,1,3H3;1H2,2-5H3. The Morgan fingerprint density at radius 3 is 0.894 bits per heavy atom. The van der Waals surface area contributed by atoms with E-state index in [1.54, 1.807) is 62.3 Å². The highest BCUT2D eigenvalue weighted by molar-refractivity contribution is 5.91. The van der Waals surface area contributed by atoms with Crippen LogP contribution in [0.3, 0.4) is 0 Å². The van der Waals surface area contributed by atoms with Gasteiger partial charge in [-0.05, 0) is 430 Å². The first-order chi connectivity index (χ1) is 65.8. The summed E-state index contributed by atoms with van der Waals surface area (Å²) in [7, 11) is 0. The number of benzene rings is 3. The van der Waals surface area contributed by atoms with Crippen LogP contribution in [0.4, 0.5) is 0 Å². The van der Waals surface area contributed by atoms with Crippen molar-refractivity contribution in [3.05, 3.63) is 193 Å². The first-order valence-electron chi connectivity index (χ1n) is 53.3. The molecule has 141 heavy (non-hydrogen) atoms. The van der Waals surface area contributed by atoms with E-state index >= 15 is 0 Å². The largest absolute Gasteiger partial charge is 0.457 e. The molecule has 18 heteroatoms. The normalized spacial score (nSPS) is 26.4. The predicted octanol–water partition coefficient (Wildman–Crippen LogP) is 30.3. The van der Waals surface area contributed by atoms with E-state index in [-0.39, 0.29) is 92.7 Å². The lowest BCUT2D eigenvalue weighted by atomic mass is 9.46.